The van der Waals surface area contributed by atoms with Crippen LogP contribution in [-0.4, -0.2) is 43.6 Å². The number of halogens is 2. The SMILES string of the molecule is CNC(=O)C1CNCCN1c1ncc(Cl)cc1Br. The van der Waals surface area contributed by atoms with E-state index in [1.165, 1.54) is 0 Å². The van der Waals surface area contributed by atoms with Gasteiger partial charge in [0.15, 0.2) is 0 Å². The van der Waals surface area contributed by atoms with Crippen LogP contribution in [0.15, 0.2) is 16.7 Å². The number of nitrogens with zero attached hydrogens (tertiary/aromatic N) is 2. The van der Waals surface area contributed by atoms with Crippen molar-refractivity contribution >= 4 is 39.3 Å². The molecule has 2 heterocycles. The molecule has 1 fully saturated rings. The van der Waals surface area contributed by atoms with Crippen molar-refractivity contribution in [1.82, 2.24) is 15.6 Å². The third kappa shape index (κ3) is 2.76. The molecule has 1 aliphatic heterocycles. The Morgan fingerprint density at radius 3 is 3.17 bits per heavy atom. The highest BCUT2D eigenvalue weighted by Crippen LogP contribution is 2.28. The second-order valence-electron chi connectivity index (χ2n) is 3.99. The quantitative estimate of drug-likeness (QED) is 0.848. The number of hydrogen-bond donors (Lipinski definition) is 2. The van der Waals surface area contributed by atoms with E-state index < -0.39 is 0 Å². The summed E-state index contributed by atoms with van der Waals surface area (Å²) in [6.45, 7) is 2.16. The first-order chi connectivity index (χ1) is 8.63. The summed E-state index contributed by atoms with van der Waals surface area (Å²) in [5.74, 6) is 0.723. The first-order valence-electron chi connectivity index (χ1n) is 5.63. The van der Waals surface area contributed by atoms with Gasteiger partial charge in [-0.2, -0.15) is 0 Å². The number of rotatable bonds is 2. The van der Waals surface area contributed by atoms with Gasteiger partial charge in [-0.15, -0.1) is 0 Å². The summed E-state index contributed by atoms with van der Waals surface area (Å²) < 4.78 is 0.797. The standard InChI is InChI=1S/C11H14BrClN4O/c1-14-11(18)9-6-15-2-3-17(9)10-8(12)4-7(13)5-16-10/h4-5,9,15H,2-3,6H2,1H3,(H,14,18). The van der Waals surface area contributed by atoms with E-state index in [0.29, 0.717) is 11.6 Å². The van der Waals surface area contributed by atoms with E-state index >= 15 is 0 Å². The third-order valence-corrected chi connectivity index (χ3v) is 3.64. The summed E-state index contributed by atoms with van der Waals surface area (Å²) in [7, 11) is 1.64. The van der Waals surface area contributed by atoms with Crippen molar-refractivity contribution in [2.75, 3.05) is 31.6 Å². The predicted octanol–water partition coefficient (Wildman–Crippen LogP) is 1.02. The van der Waals surface area contributed by atoms with Gasteiger partial charge in [-0.1, -0.05) is 11.6 Å². The van der Waals surface area contributed by atoms with Crippen LogP contribution in [0.1, 0.15) is 0 Å². The van der Waals surface area contributed by atoms with E-state index in [1.54, 1.807) is 19.3 Å². The first kappa shape index (κ1) is 13.6. The molecule has 0 aromatic carbocycles. The number of carbonyl (C=O) groups excluding carboxylic acids is 1. The largest absolute Gasteiger partial charge is 0.357 e. The van der Waals surface area contributed by atoms with Gasteiger partial charge in [0.1, 0.15) is 11.9 Å². The van der Waals surface area contributed by atoms with E-state index in [1.807, 2.05) is 4.90 Å². The van der Waals surface area contributed by atoms with Crippen LogP contribution >= 0.6 is 27.5 Å². The Kier molecular flexibility index (Phi) is 4.42. The van der Waals surface area contributed by atoms with Crippen molar-refractivity contribution in [3.8, 4) is 0 Å². The van der Waals surface area contributed by atoms with Crippen LogP contribution in [0.3, 0.4) is 0 Å². The number of nitrogens with one attached hydrogen (secondary N) is 2. The average molecular weight is 334 g/mol. The molecule has 18 heavy (non-hydrogen) atoms. The zero-order chi connectivity index (χ0) is 13.1. The van der Waals surface area contributed by atoms with E-state index in [-0.39, 0.29) is 11.9 Å². The molecule has 0 aliphatic carbocycles. The average Bonchev–Trinajstić information content (AvgIpc) is 2.38. The van der Waals surface area contributed by atoms with Gasteiger partial charge in [-0.25, -0.2) is 4.98 Å². The lowest BCUT2D eigenvalue weighted by atomic mass is 10.1. The molecule has 1 atom stereocenters. The fraction of sp³-hybridized carbons (Fsp3) is 0.455. The molecule has 1 aliphatic rings. The number of pyridine rings is 1. The Balaban J connectivity index is 2.30. The molecule has 2 rings (SSSR count). The molecule has 1 amide bonds. The molecule has 1 unspecified atom stereocenters. The second-order valence-corrected chi connectivity index (χ2v) is 5.28. The van der Waals surface area contributed by atoms with Gasteiger partial charge in [-0.05, 0) is 22.0 Å². The number of piperazine rings is 1. The summed E-state index contributed by atoms with van der Waals surface area (Å²) in [5.41, 5.74) is 0. The normalized spacial score (nSPS) is 19.7. The van der Waals surface area contributed by atoms with Gasteiger partial charge < -0.3 is 15.5 Å². The van der Waals surface area contributed by atoms with Crippen LogP contribution in [-0.2, 0) is 4.79 Å². The van der Waals surface area contributed by atoms with E-state index in [4.69, 9.17) is 11.6 Å². The van der Waals surface area contributed by atoms with Gasteiger partial charge in [0.05, 0.1) is 9.50 Å². The van der Waals surface area contributed by atoms with Crippen LogP contribution in [0.25, 0.3) is 0 Å². The zero-order valence-electron chi connectivity index (χ0n) is 9.91. The minimum Gasteiger partial charge on any atom is -0.357 e. The van der Waals surface area contributed by atoms with Crippen LogP contribution in [0, 0.1) is 0 Å². The molecule has 1 aromatic rings. The lowest BCUT2D eigenvalue weighted by Gasteiger charge is -2.36. The smallest absolute Gasteiger partial charge is 0.243 e. The number of anilines is 1. The second kappa shape index (κ2) is 5.86. The Hall–Kier alpha value is -0.850. The van der Waals surface area contributed by atoms with E-state index in [0.717, 1.165) is 23.4 Å². The molecular formula is C11H14BrClN4O. The summed E-state index contributed by atoms with van der Waals surface area (Å²) in [6, 6.07) is 1.53. The highest BCUT2D eigenvalue weighted by molar-refractivity contribution is 9.10. The molecule has 0 bridgehead atoms. The van der Waals surface area contributed by atoms with Crippen molar-refractivity contribution < 1.29 is 4.79 Å². The van der Waals surface area contributed by atoms with Crippen LogP contribution in [0.2, 0.25) is 5.02 Å². The lowest BCUT2D eigenvalue weighted by Crippen LogP contribution is -2.58. The Labute approximate surface area is 119 Å². The highest BCUT2D eigenvalue weighted by atomic mass is 79.9. The molecule has 2 N–H and O–H groups in total. The van der Waals surface area contributed by atoms with Crippen LogP contribution in [0.5, 0.6) is 0 Å². The zero-order valence-corrected chi connectivity index (χ0v) is 12.3. The minimum atomic E-state index is -0.256. The van der Waals surface area contributed by atoms with Crippen molar-refractivity contribution in [2.24, 2.45) is 0 Å². The van der Waals surface area contributed by atoms with Gasteiger partial charge in [-0.3, -0.25) is 4.79 Å². The van der Waals surface area contributed by atoms with Crippen LogP contribution in [0.4, 0.5) is 5.82 Å². The van der Waals surface area contributed by atoms with Gasteiger partial charge in [0.25, 0.3) is 0 Å². The Bertz CT molecular complexity index is 457. The first-order valence-corrected chi connectivity index (χ1v) is 6.80. The fourth-order valence-corrected chi connectivity index (χ4v) is 2.84. The maximum atomic E-state index is 11.9. The summed E-state index contributed by atoms with van der Waals surface area (Å²) in [4.78, 5) is 18.2. The summed E-state index contributed by atoms with van der Waals surface area (Å²) >= 11 is 9.32. The number of carbonyl (C=O) groups is 1. The molecule has 1 saturated heterocycles. The van der Waals surface area contributed by atoms with Gasteiger partial charge in [0, 0.05) is 32.9 Å². The van der Waals surface area contributed by atoms with Gasteiger partial charge >= 0.3 is 0 Å². The van der Waals surface area contributed by atoms with Gasteiger partial charge in [0.2, 0.25) is 5.91 Å². The monoisotopic (exact) mass is 332 g/mol. The highest BCUT2D eigenvalue weighted by Gasteiger charge is 2.29. The molecule has 5 nitrogen and oxygen atoms in total. The van der Waals surface area contributed by atoms with Crippen molar-refractivity contribution in [2.45, 2.75) is 6.04 Å². The lowest BCUT2D eigenvalue weighted by molar-refractivity contribution is -0.122. The number of hydrogen-bond acceptors (Lipinski definition) is 4. The molecule has 7 heteroatoms. The molecular weight excluding hydrogens is 320 g/mol. The molecule has 0 spiro atoms. The predicted molar refractivity (Wildman–Crippen MR) is 75.0 cm³/mol. The molecule has 0 radical (unpaired) electrons. The molecule has 98 valence electrons. The van der Waals surface area contributed by atoms with Crippen LogP contribution < -0.4 is 15.5 Å². The maximum Gasteiger partial charge on any atom is 0.243 e. The van der Waals surface area contributed by atoms with Crippen molar-refractivity contribution in [3.63, 3.8) is 0 Å². The Morgan fingerprint density at radius 2 is 2.50 bits per heavy atom. The van der Waals surface area contributed by atoms with Crippen molar-refractivity contribution in [1.29, 1.82) is 0 Å². The summed E-state index contributed by atoms with van der Waals surface area (Å²) in [5, 5.41) is 6.45. The maximum absolute atomic E-state index is 11.9. The van der Waals surface area contributed by atoms with E-state index in [2.05, 4.69) is 31.5 Å². The minimum absolute atomic E-state index is 0.0224. The van der Waals surface area contributed by atoms with Crippen molar-refractivity contribution in [3.05, 3.63) is 21.8 Å². The number of amides is 1. The van der Waals surface area contributed by atoms with E-state index in [9.17, 15) is 4.79 Å². The molecule has 0 saturated carbocycles. The number of likely N-dealkylation sites (N-methyl/N-ethyl adjacent to an activating group) is 1. The Morgan fingerprint density at radius 1 is 1.72 bits per heavy atom. The molecule has 1 aromatic heterocycles. The topological polar surface area (TPSA) is 57.3 Å². The summed E-state index contributed by atoms with van der Waals surface area (Å²) in [6.07, 6.45) is 1.59. The fourth-order valence-electron chi connectivity index (χ4n) is 1.98. The third-order valence-electron chi connectivity index (χ3n) is 2.85. The number of aromatic nitrogens is 1.